The van der Waals surface area contributed by atoms with Crippen molar-refractivity contribution in [3.63, 3.8) is 0 Å². The first kappa shape index (κ1) is 13.5. The molecule has 1 fully saturated rings. The van der Waals surface area contributed by atoms with Gasteiger partial charge in [0.1, 0.15) is 0 Å². The molecule has 1 saturated heterocycles. The van der Waals surface area contributed by atoms with Crippen molar-refractivity contribution in [1.29, 1.82) is 0 Å². The summed E-state index contributed by atoms with van der Waals surface area (Å²) in [7, 11) is 4.17. The number of rotatable bonds is 6. The monoisotopic (exact) mass is 228 g/mol. The van der Waals surface area contributed by atoms with Crippen molar-refractivity contribution < 1.29 is 9.90 Å². The minimum atomic E-state index is -0.701. The van der Waals surface area contributed by atoms with Crippen molar-refractivity contribution in [3.8, 4) is 0 Å². The molecule has 0 radical (unpaired) electrons. The molecule has 0 saturated carbocycles. The molecule has 0 bridgehead atoms. The lowest BCUT2D eigenvalue weighted by Crippen LogP contribution is -2.30. The summed E-state index contributed by atoms with van der Waals surface area (Å²) in [5.74, 6) is -0.170. The Kier molecular flexibility index (Phi) is 5.22. The second kappa shape index (κ2) is 6.21. The summed E-state index contributed by atoms with van der Waals surface area (Å²) >= 11 is 0. The highest BCUT2D eigenvalue weighted by Crippen LogP contribution is 2.18. The van der Waals surface area contributed by atoms with Gasteiger partial charge in [-0.25, -0.2) is 0 Å². The zero-order chi connectivity index (χ0) is 12.1. The number of carboxylic acid groups (broad SMARTS) is 1. The van der Waals surface area contributed by atoms with Crippen LogP contribution in [0, 0.1) is 11.8 Å². The van der Waals surface area contributed by atoms with Crippen molar-refractivity contribution in [2.24, 2.45) is 11.8 Å². The molecule has 94 valence electrons. The molecular formula is C12H24N2O2. The molecular weight excluding hydrogens is 204 g/mol. The molecule has 4 nitrogen and oxygen atoms in total. The molecule has 4 heteroatoms. The average Bonchev–Trinajstić information content (AvgIpc) is 2.61. The largest absolute Gasteiger partial charge is 0.481 e. The summed E-state index contributed by atoms with van der Waals surface area (Å²) in [4.78, 5) is 15.2. The highest BCUT2D eigenvalue weighted by Gasteiger charge is 2.20. The quantitative estimate of drug-likeness (QED) is 0.736. The van der Waals surface area contributed by atoms with E-state index >= 15 is 0 Å². The molecule has 1 rings (SSSR count). The lowest BCUT2D eigenvalue weighted by Gasteiger charge is -2.20. The number of carbonyl (C=O) groups is 1. The zero-order valence-corrected chi connectivity index (χ0v) is 10.6. The maximum Gasteiger partial charge on any atom is 0.307 e. The Balaban J connectivity index is 2.15. The summed E-state index contributed by atoms with van der Waals surface area (Å²) in [5, 5.41) is 8.81. The first-order valence-electron chi connectivity index (χ1n) is 6.09. The van der Waals surface area contributed by atoms with Gasteiger partial charge >= 0.3 is 5.97 Å². The van der Waals surface area contributed by atoms with Gasteiger partial charge in [-0.3, -0.25) is 4.79 Å². The lowest BCUT2D eigenvalue weighted by atomic mass is 10.0. The van der Waals surface area contributed by atoms with Crippen LogP contribution >= 0.6 is 0 Å². The van der Waals surface area contributed by atoms with Crippen molar-refractivity contribution >= 4 is 5.97 Å². The van der Waals surface area contributed by atoms with Crippen LogP contribution in [0.15, 0.2) is 0 Å². The Morgan fingerprint density at radius 1 is 1.62 bits per heavy atom. The fraction of sp³-hybridized carbons (Fsp3) is 0.917. The van der Waals surface area contributed by atoms with Crippen molar-refractivity contribution in [1.82, 2.24) is 9.80 Å². The number of hydrogen-bond acceptors (Lipinski definition) is 3. The van der Waals surface area contributed by atoms with E-state index in [0.29, 0.717) is 6.54 Å². The second-order valence-electron chi connectivity index (χ2n) is 5.21. The summed E-state index contributed by atoms with van der Waals surface area (Å²) < 4.78 is 0. The number of aliphatic carboxylic acids is 1. The Labute approximate surface area is 98.2 Å². The molecule has 1 aliphatic rings. The summed E-state index contributed by atoms with van der Waals surface area (Å²) in [6.45, 7) is 5.83. The molecule has 0 spiro atoms. The van der Waals surface area contributed by atoms with Crippen LogP contribution in [0.1, 0.15) is 19.8 Å². The van der Waals surface area contributed by atoms with E-state index in [9.17, 15) is 4.79 Å². The average molecular weight is 228 g/mol. The third-order valence-electron chi connectivity index (χ3n) is 3.42. The Morgan fingerprint density at radius 3 is 2.81 bits per heavy atom. The van der Waals surface area contributed by atoms with Crippen molar-refractivity contribution in [2.75, 3.05) is 40.3 Å². The van der Waals surface area contributed by atoms with Crippen LogP contribution in [0.5, 0.6) is 0 Å². The van der Waals surface area contributed by atoms with Gasteiger partial charge in [0, 0.05) is 13.1 Å². The maximum absolute atomic E-state index is 10.7. The van der Waals surface area contributed by atoms with Crippen LogP contribution < -0.4 is 0 Å². The van der Waals surface area contributed by atoms with E-state index in [1.54, 1.807) is 6.92 Å². The summed E-state index contributed by atoms with van der Waals surface area (Å²) in [5.41, 5.74) is 0. The van der Waals surface area contributed by atoms with E-state index in [1.165, 1.54) is 25.9 Å². The van der Waals surface area contributed by atoms with Gasteiger partial charge in [-0.2, -0.15) is 0 Å². The normalized spacial score (nSPS) is 23.9. The van der Waals surface area contributed by atoms with Crippen LogP contribution in [-0.2, 0) is 4.79 Å². The topological polar surface area (TPSA) is 43.8 Å². The predicted molar refractivity (Wildman–Crippen MR) is 64.5 cm³/mol. The molecule has 0 amide bonds. The third-order valence-corrected chi connectivity index (χ3v) is 3.42. The number of carboxylic acids is 1. The van der Waals surface area contributed by atoms with Crippen LogP contribution in [0.3, 0.4) is 0 Å². The van der Waals surface area contributed by atoms with Gasteiger partial charge in [-0.15, -0.1) is 0 Å². The molecule has 1 N–H and O–H groups in total. The number of likely N-dealkylation sites (tertiary alicyclic amines) is 1. The van der Waals surface area contributed by atoms with E-state index in [2.05, 4.69) is 16.8 Å². The SMILES string of the molecule is CC(CN(C)CCC1CCN(C)C1)C(=O)O. The fourth-order valence-electron chi connectivity index (χ4n) is 2.30. The van der Waals surface area contributed by atoms with Crippen molar-refractivity contribution in [3.05, 3.63) is 0 Å². The number of nitrogens with zero attached hydrogens (tertiary/aromatic N) is 2. The van der Waals surface area contributed by atoms with Crippen LogP contribution in [-0.4, -0.2) is 61.2 Å². The molecule has 0 aromatic carbocycles. The third kappa shape index (κ3) is 4.49. The Morgan fingerprint density at radius 2 is 2.31 bits per heavy atom. The van der Waals surface area contributed by atoms with Crippen molar-refractivity contribution in [2.45, 2.75) is 19.8 Å². The second-order valence-corrected chi connectivity index (χ2v) is 5.21. The van der Waals surface area contributed by atoms with E-state index in [0.717, 1.165) is 12.5 Å². The molecule has 16 heavy (non-hydrogen) atoms. The molecule has 0 aromatic rings. The first-order chi connectivity index (χ1) is 7.49. The van der Waals surface area contributed by atoms with Gasteiger partial charge in [-0.05, 0) is 45.9 Å². The maximum atomic E-state index is 10.7. The highest BCUT2D eigenvalue weighted by atomic mass is 16.4. The minimum absolute atomic E-state index is 0.267. The number of hydrogen-bond donors (Lipinski definition) is 1. The molecule has 2 atom stereocenters. The summed E-state index contributed by atoms with van der Waals surface area (Å²) in [6, 6.07) is 0. The van der Waals surface area contributed by atoms with E-state index < -0.39 is 5.97 Å². The molecule has 0 aromatic heterocycles. The lowest BCUT2D eigenvalue weighted by molar-refractivity contribution is -0.141. The molecule has 0 aliphatic carbocycles. The zero-order valence-electron chi connectivity index (χ0n) is 10.6. The van der Waals surface area contributed by atoms with E-state index in [1.807, 2.05) is 7.05 Å². The summed E-state index contributed by atoms with van der Waals surface area (Å²) in [6.07, 6.45) is 2.48. The van der Waals surface area contributed by atoms with Gasteiger partial charge in [0.25, 0.3) is 0 Å². The fourth-order valence-corrected chi connectivity index (χ4v) is 2.30. The smallest absolute Gasteiger partial charge is 0.307 e. The van der Waals surface area contributed by atoms with Crippen LogP contribution in [0.2, 0.25) is 0 Å². The van der Waals surface area contributed by atoms with Crippen LogP contribution in [0.4, 0.5) is 0 Å². The van der Waals surface area contributed by atoms with Gasteiger partial charge in [-0.1, -0.05) is 6.92 Å². The Bertz CT molecular complexity index is 233. The molecule has 1 aliphatic heterocycles. The van der Waals surface area contributed by atoms with Gasteiger partial charge in [0.15, 0.2) is 0 Å². The van der Waals surface area contributed by atoms with Gasteiger partial charge in [0.05, 0.1) is 5.92 Å². The standard InChI is InChI=1S/C12H24N2O2/c1-10(12(15)16)8-13(2)6-4-11-5-7-14(3)9-11/h10-11H,4-9H2,1-3H3,(H,15,16). The molecule has 2 unspecified atom stereocenters. The van der Waals surface area contributed by atoms with Gasteiger partial charge < -0.3 is 14.9 Å². The molecule has 1 heterocycles. The van der Waals surface area contributed by atoms with E-state index in [4.69, 9.17) is 5.11 Å². The van der Waals surface area contributed by atoms with Gasteiger partial charge in [0.2, 0.25) is 0 Å². The Hall–Kier alpha value is -0.610. The van der Waals surface area contributed by atoms with Crippen LogP contribution in [0.25, 0.3) is 0 Å². The predicted octanol–water partition coefficient (Wildman–Crippen LogP) is 0.981. The van der Waals surface area contributed by atoms with E-state index in [-0.39, 0.29) is 5.92 Å². The highest BCUT2D eigenvalue weighted by molar-refractivity contribution is 5.69. The minimum Gasteiger partial charge on any atom is -0.481 e. The first-order valence-corrected chi connectivity index (χ1v) is 6.09.